The van der Waals surface area contributed by atoms with Gasteiger partial charge in [-0.05, 0) is 24.3 Å². The Hall–Kier alpha value is -0.970. The van der Waals surface area contributed by atoms with Crippen LogP contribution in [0.2, 0.25) is 0 Å². The van der Waals surface area contributed by atoms with Gasteiger partial charge in [-0.15, -0.1) is 13.2 Å². The number of hydrogen-bond acceptors (Lipinski definition) is 2. The van der Waals surface area contributed by atoms with Crippen molar-refractivity contribution in [2.24, 2.45) is 0 Å². The fourth-order valence-electron chi connectivity index (χ4n) is 1.10. The van der Waals surface area contributed by atoms with Crippen molar-refractivity contribution in [3.05, 3.63) is 28.7 Å². The van der Waals surface area contributed by atoms with E-state index in [1.807, 2.05) is 0 Å². The van der Waals surface area contributed by atoms with Gasteiger partial charge in [0, 0.05) is 4.47 Å². The highest BCUT2D eigenvalue weighted by Gasteiger charge is 2.58. The van der Waals surface area contributed by atoms with E-state index < -0.39 is 31.8 Å². The van der Waals surface area contributed by atoms with Crippen molar-refractivity contribution in [2.45, 2.75) is 11.8 Å². The third-order valence-corrected chi connectivity index (χ3v) is 3.84. The summed E-state index contributed by atoms with van der Waals surface area (Å²) in [5.41, 5.74) is -7.22. The normalized spacial score (nSPS) is 13.4. The molecular formula is C8H4BrF6NO2S. The number of sulfonamides is 1. The first-order valence-corrected chi connectivity index (χ1v) is 6.54. The van der Waals surface area contributed by atoms with Crippen molar-refractivity contribution in [1.29, 1.82) is 0 Å². The Labute approximate surface area is 112 Å². The second kappa shape index (κ2) is 4.85. The van der Waals surface area contributed by atoms with E-state index >= 15 is 0 Å². The Balaban J connectivity index is 3.45. The van der Waals surface area contributed by atoms with E-state index in [-0.39, 0.29) is 4.47 Å². The summed E-state index contributed by atoms with van der Waals surface area (Å²) >= 11 is 2.86. The van der Waals surface area contributed by atoms with Gasteiger partial charge in [0.1, 0.15) is 0 Å². The minimum Gasteiger partial charge on any atom is -0.196 e. The monoisotopic (exact) mass is 371 g/mol. The molecule has 0 amide bonds. The van der Waals surface area contributed by atoms with Crippen molar-refractivity contribution in [2.75, 3.05) is 4.31 Å². The molecule has 0 unspecified atom stereocenters. The molecule has 1 aromatic rings. The van der Waals surface area contributed by atoms with E-state index in [0.29, 0.717) is 12.1 Å². The zero-order valence-corrected chi connectivity index (χ0v) is 11.0. The van der Waals surface area contributed by atoms with Crippen LogP contribution in [0.15, 0.2) is 28.7 Å². The molecule has 0 atom stereocenters. The zero-order valence-electron chi connectivity index (χ0n) is 8.63. The van der Waals surface area contributed by atoms with Crippen molar-refractivity contribution < 1.29 is 34.8 Å². The number of nitrogens with zero attached hydrogens (tertiary/aromatic N) is 1. The molecule has 0 saturated heterocycles. The molecule has 0 saturated carbocycles. The maximum absolute atomic E-state index is 12.6. The van der Waals surface area contributed by atoms with Crippen molar-refractivity contribution in [1.82, 2.24) is 0 Å². The highest BCUT2D eigenvalue weighted by Crippen LogP contribution is 2.38. The van der Waals surface area contributed by atoms with Gasteiger partial charge in [-0.2, -0.15) is 25.9 Å². The maximum atomic E-state index is 12.6. The number of alkyl halides is 6. The first kappa shape index (κ1) is 16.1. The van der Waals surface area contributed by atoms with Gasteiger partial charge >= 0.3 is 21.8 Å². The third-order valence-electron chi connectivity index (χ3n) is 1.82. The van der Waals surface area contributed by atoms with Gasteiger partial charge in [-0.3, -0.25) is 0 Å². The average Bonchev–Trinajstić information content (AvgIpc) is 2.17. The molecule has 1 rings (SSSR count). The molecule has 0 aliphatic heterocycles. The maximum Gasteiger partial charge on any atom is 0.516 e. The van der Waals surface area contributed by atoms with Gasteiger partial charge < -0.3 is 0 Å². The minimum atomic E-state index is -6.57. The summed E-state index contributed by atoms with van der Waals surface area (Å²) in [5, 5.41) is 0. The third kappa shape index (κ3) is 3.32. The number of benzene rings is 1. The second-order valence-electron chi connectivity index (χ2n) is 3.16. The number of anilines is 1. The Morgan fingerprint density at radius 1 is 0.947 bits per heavy atom. The van der Waals surface area contributed by atoms with Crippen LogP contribution in [-0.4, -0.2) is 20.2 Å². The van der Waals surface area contributed by atoms with E-state index in [4.69, 9.17) is 0 Å². The SMILES string of the molecule is O=S(=O)(N(c1ccc(Br)cc1)C(F)(F)F)C(F)(F)F. The molecule has 0 aliphatic carbocycles. The van der Waals surface area contributed by atoms with Crippen molar-refractivity contribution in [3.8, 4) is 0 Å². The summed E-state index contributed by atoms with van der Waals surface area (Å²) in [6, 6.07) is 3.17. The van der Waals surface area contributed by atoms with E-state index in [1.165, 1.54) is 0 Å². The molecule has 0 aromatic heterocycles. The summed E-state index contributed by atoms with van der Waals surface area (Å²) in [7, 11) is -6.57. The van der Waals surface area contributed by atoms with Gasteiger partial charge in [-0.25, -0.2) is 0 Å². The molecule has 19 heavy (non-hydrogen) atoms. The molecule has 0 fully saturated rings. The topological polar surface area (TPSA) is 37.4 Å². The summed E-state index contributed by atoms with van der Waals surface area (Å²) in [4.78, 5) is 0. The Bertz CT molecular complexity index is 550. The van der Waals surface area contributed by atoms with Crippen LogP contribution in [0.1, 0.15) is 0 Å². The quantitative estimate of drug-likeness (QED) is 0.588. The molecule has 11 heteroatoms. The van der Waals surface area contributed by atoms with E-state index in [2.05, 4.69) is 15.9 Å². The van der Waals surface area contributed by atoms with Crippen molar-refractivity contribution >= 4 is 31.6 Å². The fraction of sp³-hybridized carbons (Fsp3) is 0.250. The molecule has 0 bridgehead atoms. The lowest BCUT2D eigenvalue weighted by Crippen LogP contribution is -2.49. The van der Waals surface area contributed by atoms with E-state index in [9.17, 15) is 34.8 Å². The zero-order chi connectivity index (χ0) is 15.1. The first-order chi connectivity index (χ1) is 8.37. The summed E-state index contributed by atoms with van der Waals surface area (Å²) in [6.07, 6.45) is -5.73. The summed E-state index contributed by atoms with van der Waals surface area (Å²) in [6.45, 7) is 0. The Kier molecular flexibility index (Phi) is 4.11. The van der Waals surface area contributed by atoms with E-state index in [0.717, 1.165) is 12.1 Å². The van der Waals surface area contributed by atoms with Crippen LogP contribution in [0.4, 0.5) is 32.0 Å². The highest BCUT2D eigenvalue weighted by atomic mass is 79.9. The standard InChI is InChI=1S/C8H4BrF6NO2S/c9-5-1-3-6(4-2-5)16(7(10,11)12)19(17,18)8(13,14)15/h1-4H. The fourth-order valence-corrected chi connectivity index (χ4v) is 2.24. The molecule has 0 N–H and O–H groups in total. The van der Waals surface area contributed by atoms with Crippen LogP contribution in [-0.2, 0) is 10.0 Å². The van der Waals surface area contributed by atoms with Crippen LogP contribution in [0.25, 0.3) is 0 Å². The average molecular weight is 372 g/mol. The number of halogens is 7. The summed E-state index contributed by atoms with van der Waals surface area (Å²) < 4.78 is 95.0. The van der Waals surface area contributed by atoms with Gasteiger partial charge in [0.25, 0.3) is 0 Å². The van der Waals surface area contributed by atoms with Gasteiger partial charge in [-0.1, -0.05) is 15.9 Å². The molecule has 0 aliphatic rings. The number of rotatable bonds is 2. The van der Waals surface area contributed by atoms with Gasteiger partial charge in [0.2, 0.25) is 0 Å². The molecule has 108 valence electrons. The Morgan fingerprint density at radius 3 is 1.68 bits per heavy atom. The lowest BCUT2D eigenvalue weighted by molar-refractivity contribution is -0.120. The predicted molar refractivity (Wildman–Crippen MR) is 57.7 cm³/mol. The smallest absolute Gasteiger partial charge is 0.196 e. The van der Waals surface area contributed by atoms with Crippen LogP contribution < -0.4 is 4.31 Å². The van der Waals surface area contributed by atoms with Crippen LogP contribution in [0.3, 0.4) is 0 Å². The Morgan fingerprint density at radius 2 is 1.37 bits per heavy atom. The molecule has 1 aromatic carbocycles. The molecule has 0 heterocycles. The first-order valence-electron chi connectivity index (χ1n) is 4.31. The van der Waals surface area contributed by atoms with Gasteiger partial charge in [0.05, 0.1) is 5.69 Å². The van der Waals surface area contributed by atoms with Crippen LogP contribution in [0.5, 0.6) is 0 Å². The molecular weight excluding hydrogens is 368 g/mol. The lowest BCUT2D eigenvalue weighted by atomic mass is 10.3. The van der Waals surface area contributed by atoms with Crippen LogP contribution >= 0.6 is 15.9 Å². The molecule has 0 spiro atoms. The highest BCUT2D eigenvalue weighted by molar-refractivity contribution is 9.10. The van der Waals surface area contributed by atoms with Crippen LogP contribution in [0, 0.1) is 0 Å². The minimum absolute atomic E-state index is 0.280. The molecule has 0 radical (unpaired) electrons. The lowest BCUT2D eigenvalue weighted by Gasteiger charge is -2.26. The second-order valence-corrected chi connectivity index (χ2v) is 5.85. The summed E-state index contributed by atoms with van der Waals surface area (Å²) in [5.74, 6) is 0. The van der Waals surface area contributed by atoms with Crippen molar-refractivity contribution in [3.63, 3.8) is 0 Å². The predicted octanol–water partition coefficient (Wildman–Crippen LogP) is 3.62. The largest absolute Gasteiger partial charge is 0.516 e. The van der Waals surface area contributed by atoms with E-state index in [1.54, 1.807) is 0 Å². The number of hydrogen-bond donors (Lipinski definition) is 0. The molecule has 3 nitrogen and oxygen atoms in total. The van der Waals surface area contributed by atoms with Gasteiger partial charge in [0.15, 0.2) is 0 Å².